The van der Waals surface area contributed by atoms with Crippen molar-refractivity contribution in [2.45, 2.75) is 25.7 Å². The molecule has 1 N–H and O–H groups in total. The molecule has 37 heavy (non-hydrogen) atoms. The van der Waals surface area contributed by atoms with Gasteiger partial charge in [0.15, 0.2) is 11.6 Å². The molecule has 7 heteroatoms. The second-order valence-corrected chi connectivity index (χ2v) is 10.0. The van der Waals surface area contributed by atoms with Crippen LogP contribution in [0.2, 0.25) is 0 Å². The van der Waals surface area contributed by atoms with Gasteiger partial charge in [0, 0.05) is 34.3 Å². The summed E-state index contributed by atoms with van der Waals surface area (Å²) in [7, 11) is 1.48. The Bertz CT molecular complexity index is 1480. The molecule has 1 heterocycles. The third-order valence-electron chi connectivity index (χ3n) is 8.11. The van der Waals surface area contributed by atoms with Gasteiger partial charge in [0.2, 0.25) is 11.8 Å². The van der Waals surface area contributed by atoms with Crippen LogP contribution < -0.4 is 9.64 Å². The topological polar surface area (TPSA) is 101 Å². The number of methoxy groups -OCH3 is 1. The summed E-state index contributed by atoms with van der Waals surface area (Å²) in [5.74, 6) is -2.79. The zero-order valence-electron chi connectivity index (χ0n) is 20.4. The predicted octanol–water partition coefficient (Wildman–Crippen LogP) is 4.03. The molecule has 0 saturated carbocycles. The summed E-state index contributed by atoms with van der Waals surface area (Å²) >= 11 is 0. The number of hydrogen-bond donors (Lipinski definition) is 1. The fourth-order valence-corrected chi connectivity index (χ4v) is 6.49. The summed E-state index contributed by atoms with van der Waals surface area (Å²) in [4.78, 5) is 55.2. The number of rotatable bonds is 3. The van der Waals surface area contributed by atoms with E-state index < -0.39 is 23.7 Å². The van der Waals surface area contributed by atoms with Gasteiger partial charge in [-0.1, -0.05) is 35.9 Å². The van der Waals surface area contributed by atoms with Crippen LogP contribution in [0.5, 0.6) is 11.5 Å². The number of Topliss-reactive ketones (excluding diaryl/α,β-unsaturated/α-hetero) is 1. The molecule has 0 radical (unpaired) electrons. The number of nitrogens with zero attached hydrogens (tertiary/aromatic N) is 1. The molecule has 6 rings (SSSR count). The minimum absolute atomic E-state index is 0.0112. The van der Waals surface area contributed by atoms with Crippen molar-refractivity contribution in [1.82, 2.24) is 0 Å². The average Bonchev–Trinajstić information content (AvgIpc) is 3.16. The molecule has 2 aromatic carbocycles. The monoisotopic (exact) mass is 495 g/mol. The van der Waals surface area contributed by atoms with Crippen molar-refractivity contribution in [1.29, 1.82) is 0 Å². The van der Waals surface area contributed by atoms with Crippen LogP contribution in [0.3, 0.4) is 0 Å². The van der Waals surface area contributed by atoms with Crippen molar-refractivity contribution in [3.05, 3.63) is 88.5 Å². The Balaban J connectivity index is 1.52. The summed E-state index contributed by atoms with van der Waals surface area (Å²) in [5.41, 5.74) is 3.15. The van der Waals surface area contributed by atoms with E-state index in [-0.39, 0.29) is 35.6 Å². The Morgan fingerprint density at radius 1 is 0.973 bits per heavy atom. The third kappa shape index (κ3) is 3.34. The lowest BCUT2D eigenvalue weighted by atomic mass is 9.59. The molecule has 0 unspecified atom stereocenters. The molecule has 186 valence electrons. The van der Waals surface area contributed by atoms with Gasteiger partial charge < -0.3 is 9.84 Å². The molecule has 1 saturated heterocycles. The maximum absolute atomic E-state index is 13.8. The number of phenolic OH excluding ortho intramolecular Hbond substituents is 1. The van der Waals surface area contributed by atoms with Crippen LogP contribution in [0.1, 0.15) is 31.2 Å². The molecule has 2 amide bonds. The second-order valence-electron chi connectivity index (χ2n) is 10.0. The molecule has 4 aliphatic rings. The Morgan fingerprint density at radius 3 is 2.46 bits per heavy atom. The Morgan fingerprint density at radius 2 is 1.73 bits per heavy atom. The van der Waals surface area contributed by atoms with Crippen molar-refractivity contribution in [3.8, 4) is 11.5 Å². The first kappa shape index (κ1) is 23.2. The van der Waals surface area contributed by atoms with Crippen molar-refractivity contribution in [2.24, 2.45) is 17.8 Å². The maximum atomic E-state index is 13.8. The molecule has 3 aliphatic carbocycles. The van der Waals surface area contributed by atoms with Crippen LogP contribution >= 0.6 is 0 Å². The number of fused-ring (bicyclic) bond motifs is 3. The number of benzene rings is 2. The van der Waals surface area contributed by atoms with Gasteiger partial charge >= 0.3 is 0 Å². The lowest BCUT2D eigenvalue weighted by Crippen LogP contribution is -2.40. The highest BCUT2D eigenvalue weighted by Crippen LogP contribution is 2.56. The van der Waals surface area contributed by atoms with Gasteiger partial charge in [0.1, 0.15) is 11.5 Å². The molecule has 4 atom stereocenters. The standard InChI is InChI=1S/C30H25NO6/c1-15-12-23(33)22-14-21-18(25(27(22)28(15)34)19-9-8-17(32)13-24(19)37-2)10-11-20-26(21)30(36)31(29(20)35)16-6-4-3-5-7-16/h3-10,12-13,20-21,25-26,32H,11,14H2,1-2H3/t20-,21+,25+,26-/m0/s1. The Labute approximate surface area is 213 Å². The molecule has 0 spiro atoms. The average molecular weight is 496 g/mol. The fraction of sp³-hybridized carbons (Fsp3) is 0.267. The number of amides is 2. The molecule has 7 nitrogen and oxygen atoms in total. The zero-order valence-corrected chi connectivity index (χ0v) is 20.4. The number of carbonyl (C=O) groups is 4. The van der Waals surface area contributed by atoms with E-state index in [9.17, 15) is 24.3 Å². The van der Waals surface area contributed by atoms with Crippen LogP contribution in [0.4, 0.5) is 5.69 Å². The lowest BCUT2D eigenvalue weighted by molar-refractivity contribution is -0.123. The number of phenols is 1. The van der Waals surface area contributed by atoms with Gasteiger partial charge in [-0.25, -0.2) is 0 Å². The lowest BCUT2D eigenvalue weighted by Gasteiger charge is -2.42. The van der Waals surface area contributed by atoms with Crippen LogP contribution in [-0.4, -0.2) is 35.6 Å². The summed E-state index contributed by atoms with van der Waals surface area (Å²) in [6.45, 7) is 1.63. The van der Waals surface area contributed by atoms with Crippen LogP contribution in [0.25, 0.3) is 0 Å². The summed E-state index contributed by atoms with van der Waals surface area (Å²) in [6.07, 6.45) is 3.91. The Hall–Kier alpha value is -4.26. The van der Waals surface area contributed by atoms with Crippen molar-refractivity contribution in [2.75, 3.05) is 12.0 Å². The highest BCUT2D eigenvalue weighted by molar-refractivity contribution is 6.25. The van der Waals surface area contributed by atoms with Crippen LogP contribution in [0.15, 0.2) is 83.0 Å². The number of aromatic hydroxyl groups is 1. The molecule has 0 bridgehead atoms. The first-order valence-corrected chi connectivity index (χ1v) is 12.3. The summed E-state index contributed by atoms with van der Waals surface area (Å²) in [6, 6.07) is 13.6. The third-order valence-corrected chi connectivity index (χ3v) is 8.11. The van der Waals surface area contributed by atoms with E-state index in [1.54, 1.807) is 37.3 Å². The largest absolute Gasteiger partial charge is 0.508 e. The van der Waals surface area contributed by atoms with Gasteiger partial charge in [-0.2, -0.15) is 0 Å². The van der Waals surface area contributed by atoms with E-state index in [0.29, 0.717) is 40.1 Å². The summed E-state index contributed by atoms with van der Waals surface area (Å²) < 4.78 is 5.58. The number of para-hydroxylation sites is 1. The van der Waals surface area contributed by atoms with Crippen molar-refractivity contribution in [3.63, 3.8) is 0 Å². The predicted molar refractivity (Wildman–Crippen MR) is 135 cm³/mol. The SMILES string of the molecule is COc1cc(O)ccc1[C@H]1C2=CC[C@@H]3C(=O)N(c4ccccc4)C(=O)[C@@H]3[C@@H]2CC2=C1C(=O)C(C)=CC2=O. The fourth-order valence-electron chi connectivity index (χ4n) is 6.49. The van der Waals surface area contributed by atoms with Gasteiger partial charge in [-0.3, -0.25) is 24.1 Å². The normalized spacial score (nSPS) is 26.9. The zero-order chi connectivity index (χ0) is 26.0. The van der Waals surface area contributed by atoms with E-state index >= 15 is 0 Å². The number of ketones is 2. The smallest absolute Gasteiger partial charge is 0.238 e. The van der Waals surface area contributed by atoms with Crippen LogP contribution in [-0.2, 0) is 19.2 Å². The molecule has 1 fully saturated rings. The van der Waals surface area contributed by atoms with Gasteiger partial charge in [0.25, 0.3) is 0 Å². The molecular weight excluding hydrogens is 470 g/mol. The molecule has 1 aliphatic heterocycles. The van der Waals surface area contributed by atoms with E-state index in [0.717, 1.165) is 5.57 Å². The quantitative estimate of drug-likeness (QED) is 0.392. The number of imide groups is 1. The second kappa shape index (κ2) is 8.40. The first-order valence-electron chi connectivity index (χ1n) is 12.3. The van der Waals surface area contributed by atoms with Crippen molar-refractivity contribution < 1.29 is 29.0 Å². The van der Waals surface area contributed by atoms with Crippen molar-refractivity contribution >= 4 is 29.1 Å². The molecule has 0 aromatic heterocycles. The van der Waals surface area contributed by atoms with Crippen LogP contribution in [0, 0.1) is 17.8 Å². The van der Waals surface area contributed by atoms with Gasteiger partial charge in [-0.15, -0.1) is 0 Å². The highest BCUT2D eigenvalue weighted by atomic mass is 16.5. The minimum atomic E-state index is -0.637. The van der Waals surface area contributed by atoms with Gasteiger partial charge in [0.05, 0.1) is 24.6 Å². The number of anilines is 1. The van der Waals surface area contributed by atoms with E-state index in [2.05, 4.69) is 0 Å². The van der Waals surface area contributed by atoms with E-state index in [4.69, 9.17) is 4.74 Å². The maximum Gasteiger partial charge on any atom is 0.238 e. The van der Waals surface area contributed by atoms with Gasteiger partial charge in [-0.05, 0) is 50.0 Å². The highest BCUT2D eigenvalue weighted by Gasteiger charge is 2.56. The molecular formula is C30H25NO6. The van der Waals surface area contributed by atoms with E-state index in [1.165, 1.54) is 30.2 Å². The minimum Gasteiger partial charge on any atom is -0.508 e. The number of hydrogen-bond acceptors (Lipinski definition) is 6. The number of ether oxygens (including phenoxy) is 1. The number of carbonyl (C=O) groups excluding carboxylic acids is 4. The Kier molecular flexibility index (Phi) is 5.26. The summed E-state index contributed by atoms with van der Waals surface area (Å²) in [5, 5.41) is 10.1. The number of allylic oxidation sites excluding steroid dienone is 6. The first-order chi connectivity index (χ1) is 17.8. The molecule has 2 aromatic rings. The van der Waals surface area contributed by atoms with E-state index in [1.807, 2.05) is 12.1 Å².